The Bertz CT molecular complexity index is 1340. The number of fused-ring (bicyclic) bond motifs is 1. The van der Waals surface area contributed by atoms with Gasteiger partial charge in [-0.3, -0.25) is 14.5 Å². The third kappa shape index (κ3) is 5.57. The number of nitrogen functional groups attached to an aromatic ring is 1. The van der Waals surface area contributed by atoms with Gasteiger partial charge in [-0.15, -0.1) is 0 Å². The van der Waals surface area contributed by atoms with Crippen molar-refractivity contribution in [2.24, 2.45) is 11.3 Å². The predicted molar refractivity (Wildman–Crippen MR) is 148 cm³/mol. The zero-order chi connectivity index (χ0) is 27.9. The van der Waals surface area contributed by atoms with Crippen LogP contribution in [0.15, 0.2) is 24.4 Å². The fraction of sp³-hybridized carbons (Fsp3) is 0.607. The lowest BCUT2D eigenvalue weighted by Gasteiger charge is -2.57. The molecule has 40 heavy (non-hydrogen) atoms. The van der Waals surface area contributed by atoms with Crippen molar-refractivity contribution in [2.75, 3.05) is 64.0 Å². The number of benzene rings is 1. The molecule has 6 rings (SSSR count). The number of aliphatic hydroxyl groups is 1. The van der Waals surface area contributed by atoms with Gasteiger partial charge in [0, 0.05) is 64.2 Å². The second-order valence-corrected chi connectivity index (χ2v) is 11.8. The summed E-state index contributed by atoms with van der Waals surface area (Å²) in [5.74, 6) is -0.576. The average Bonchev–Trinajstić information content (AvgIpc) is 3.29. The fourth-order valence-electron chi connectivity index (χ4n) is 6.89. The number of rotatable bonds is 10. The number of methoxy groups -OCH3 is 1. The molecule has 3 aromatic rings. The summed E-state index contributed by atoms with van der Waals surface area (Å²) >= 11 is 0. The number of ether oxygens (including phenoxy) is 1. The highest BCUT2D eigenvalue weighted by Gasteiger charge is 2.61. The van der Waals surface area contributed by atoms with Crippen molar-refractivity contribution in [2.45, 2.75) is 44.7 Å². The van der Waals surface area contributed by atoms with E-state index >= 15 is 0 Å². The molecule has 3 fully saturated rings. The van der Waals surface area contributed by atoms with Gasteiger partial charge in [0.1, 0.15) is 16.8 Å². The molecule has 0 radical (unpaired) electrons. The number of piperazine rings is 1. The number of hydrogen-bond acceptors (Lipinski definition) is 9. The maximum absolute atomic E-state index is 13.4. The molecule has 0 unspecified atom stereocenters. The van der Waals surface area contributed by atoms with Gasteiger partial charge in [0.05, 0.1) is 26.5 Å². The number of nitrogens with zero attached hydrogens (tertiary/aromatic N) is 6. The topological polar surface area (TPSA) is 118 Å². The Balaban J connectivity index is 1.13. The summed E-state index contributed by atoms with van der Waals surface area (Å²) in [6, 6.07) is 6.30. The molecule has 0 bridgehead atoms. The number of hydrogen-bond donors (Lipinski definition) is 3. The highest BCUT2D eigenvalue weighted by molar-refractivity contribution is 5.86. The van der Waals surface area contributed by atoms with Crippen molar-refractivity contribution in [3.05, 3.63) is 35.5 Å². The fourth-order valence-corrected chi connectivity index (χ4v) is 6.89. The Morgan fingerprint density at radius 1 is 1.10 bits per heavy atom. The van der Waals surface area contributed by atoms with E-state index in [4.69, 9.17) is 10.5 Å². The summed E-state index contributed by atoms with van der Waals surface area (Å²) in [5.41, 5.74) is 9.40. The minimum Gasteiger partial charge on any atom is -0.496 e. The third-order valence-corrected chi connectivity index (χ3v) is 8.73. The number of β-amino-alcohol motifs (C(OH)–C–C–N with tert-alkyl or cyclic N) is 1. The average molecular weight is 557 g/mol. The van der Waals surface area contributed by atoms with Crippen LogP contribution in [-0.2, 0) is 13.1 Å². The SMILES string of the molecule is COc1cc(CN2CCN(CCO)CC2)ccc1Cn1ncc2nc(N)nc(NCC3CC4(C3)CC(F)(F)C4)c21. The molecule has 2 saturated carbocycles. The molecule has 0 amide bonds. The molecule has 3 heterocycles. The molecule has 12 heteroatoms. The van der Waals surface area contributed by atoms with Gasteiger partial charge in [0.2, 0.25) is 11.9 Å². The number of anilines is 2. The van der Waals surface area contributed by atoms with E-state index in [1.54, 1.807) is 13.3 Å². The first-order valence-electron chi connectivity index (χ1n) is 14.1. The van der Waals surface area contributed by atoms with Crippen molar-refractivity contribution in [3.63, 3.8) is 0 Å². The Morgan fingerprint density at radius 2 is 1.85 bits per heavy atom. The zero-order valence-corrected chi connectivity index (χ0v) is 23.0. The monoisotopic (exact) mass is 556 g/mol. The number of alkyl halides is 2. The van der Waals surface area contributed by atoms with E-state index < -0.39 is 5.92 Å². The molecule has 10 nitrogen and oxygen atoms in total. The summed E-state index contributed by atoms with van der Waals surface area (Å²) in [4.78, 5) is 13.5. The van der Waals surface area contributed by atoms with E-state index in [2.05, 4.69) is 48.4 Å². The van der Waals surface area contributed by atoms with Crippen molar-refractivity contribution in [1.82, 2.24) is 29.5 Å². The molecule has 2 aromatic heterocycles. The highest BCUT2D eigenvalue weighted by atomic mass is 19.3. The molecule has 216 valence electrons. The largest absolute Gasteiger partial charge is 0.496 e. The minimum absolute atomic E-state index is 0.0237. The summed E-state index contributed by atoms with van der Waals surface area (Å²) in [7, 11) is 1.68. The lowest BCUT2D eigenvalue weighted by atomic mass is 9.50. The number of aromatic nitrogens is 4. The van der Waals surface area contributed by atoms with Crippen LogP contribution in [-0.4, -0.2) is 93.6 Å². The van der Waals surface area contributed by atoms with E-state index in [9.17, 15) is 13.9 Å². The van der Waals surface area contributed by atoms with Gasteiger partial charge in [-0.25, -0.2) is 13.8 Å². The van der Waals surface area contributed by atoms with Gasteiger partial charge < -0.3 is 20.9 Å². The number of nitrogens with two attached hydrogens (primary N) is 1. The lowest BCUT2D eigenvalue weighted by molar-refractivity contribution is -0.204. The quantitative estimate of drug-likeness (QED) is 0.347. The Labute approximate surface area is 232 Å². The Hall–Kier alpha value is -3.09. The van der Waals surface area contributed by atoms with E-state index in [1.807, 2.05) is 4.68 Å². The number of nitrogens with one attached hydrogen (secondary N) is 1. The molecule has 1 saturated heterocycles. The van der Waals surface area contributed by atoms with Crippen LogP contribution in [0.25, 0.3) is 11.0 Å². The molecule has 1 aromatic carbocycles. The van der Waals surface area contributed by atoms with Crippen molar-refractivity contribution >= 4 is 22.8 Å². The van der Waals surface area contributed by atoms with Crippen LogP contribution in [0.2, 0.25) is 0 Å². The smallest absolute Gasteiger partial charge is 0.249 e. The molecular formula is C28H38F2N8O2. The Kier molecular flexibility index (Phi) is 7.26. The predicted octanol–water partition coefficient (Wildman–Crippen LogP) is 2.81. The standard InChI is InChI=1S/C28H38F2N8O2/c1-40-23-10-19(15-37-6-4-36(5-7-37)8-9-39)2-3-21(23)16-38-24-22(14-33-38)34-26(31)35-25(24)32-13-20-11-27(12-20)17-28(29,30)18-27/h2-3,10,14,20,39H,4-9,11-13,15-18H2,1H3,(H3,31,32,34,35). The van der Waals surface area contributed by atoms with Gasteiger partial charge in [0.25, 0.3) is 0 Å². The van der Waals surface area contributed by atoms with Gasteiger partial charge in [0.15, 0.2) is 5.82 Å². The van der Waals surface area contributed by atoms with Crippen LogP contribution in [0.5, 0.6) is 5.75 Å². The van der Waals surface area contributed by atoms with E-state index in [-0.39, 0.29) is 30.8 Å². The maximum Gasteiger partial charge on any atom is 0.249 e. The Morgan fingerprint density at radius 3 is 2.55 bits per heavy atom. The van der Waals surface area contributed by atoms with E-state index in [0.29, 0.717) is 30.3 Å². The van der Waals surface area contributed by atoms with Crippen LogP contribution in [0.1, 0.15) is 36.8 Å². The van der Waals surface area contributed by atoms with E-state index in [1.165, 1.54) is 5.56 Å². The van der Waals surface area contributed by atoms with Gasteiger partial charge >= 0.3 is 0 Å². The molecule has 4 N–H and O–H groups in total. The second-order valence-electron chi connectivity index (χ2n) is 11.8. The van der Waals surface area contributed by atoms with Crippen LogP contribution in [0.4, 0.5) is 20.5 Å². The third-order valence-electron chi connectivity index (χ3n) is 8.73. The van der Waals surface area contributed by atoms with Crippen molar-refractivity contribution in [3.8, 4) is 5.75 Å². The maximum atomic E-state index is 13.4. The van der Waals surface area contributed by atoms with Crippen LogP contribution >= 0.6 is 0 Å². The molecular weight excluding hydrogens is 518 g/mol. The van der Waals surface area contributed by atoms with Gasteiger partial charge in [-0.05, 0) is 35.8 Å². The van der Waals surface area contributed by atoms with Crippen LogP contribution in [0.3, 0.4) is 0 Å². The molecule has 2 aliphatic carbocycles. The van der Waals surface area contributed by atoms with Crippen LogP contribution < -0.4 is 15.8 Å². The van der Waals surface area contributed by atoms with Gasteiger partial charge in [-0.2, -0.15) is 10.1 Å². The van der Waals surface area contributed by atoms with Crippen molar-refractivity contribution in [1.29, 1.82) is 0 Å². The summed E-state index contributed by atoms with van der Waals surface area (Å²) in [6.07, 6.45) is 3.37. The van der Waals surface area contributed by atoms with Crippen molar-refractivity contribution < 1.29 is 18.6 Å². The zero-order valence-electron chi connectivity index (χ0n) is 23.0. The normalized spacial score (nSPS) is 20.9. The number of halogens is 2. The van der Waals surface area contributed by atoms with Gasteiger partial charge in [-0.1, -0.05) is 12.1 Å². The lowest BCUT2D eigenvalue weighted by Crippen LogP contribution is -2.54. The summed E-state index contributed by atoms with van der Waals surface area (Å²) < 4.78 is 34.4. The first-order chi connectivity index (χ1) is 19.2. The summed E-state index contributed by atoms with van der Waals surface area (Å²) in [5, 5.41) is 17.2. The highest BCUT2D eigenvalue weighted by Crippen LogP contribution is 2.64. The minimum atomic E-state index is -2.48. The van der Waals surface area contributed by atoms with E-state index in [0.717, 1.165) is 68.9 Å². The molecule has 0 atom stereocenters. The molecule has 1 spiro atoms. The first kappa shape index (κ1) is 27.1. The number of aliphatic hydroxyl groups excluding tert-OH is 1. The first-order valence-corrected chi connectivity index (χ1v) is 14.1. The second kappa shape index (κ2) is 10.7. The van der Waals surface area contributed by atoms with Crippen LogP contribution in [0, 0.1) is 11.3 Å². The summed E-state index contributed by atoms with van der Waals surface area (Å²) in [6.45, 7) is 6.75. The molecule has 1 aliphatic heterocycles. The molecule has 3 aliphatic rings.